The molecule has 0 saturated heterocycles. The van der Waals surface area contributed by atoms with E-state index < -0.39 is 11.8 Å². The van der Waals surface area contributed by atoms with Crippen LogP contribution < -0.4 is 20.2 Å². The van der Waals surface area contributed by atoms with Crippen LogP contribution >= 0.6 is 15.9 Å². The molecular weight excluding hydrogens is 414 g/mol. The fraction of sp³-hybridized carbons (Fsp3) is 0.105. The standard InChI is InChI=1S/C19H16BrN3O4/c1-3-9-27-17-8-7-14(20)10-13(17)12-21-23-19(25)18(24)22-15-5-4-6-16(11-15)26-2/h1,4-8,10-12H,9H2,2H3,(H,22,24)(H,23,25)/b21-12+. The molecule has 0 atom stereocenters. The van der Waals surface area contributed by atoms with E-state index in [-0.39, 0.29) is 6.61 Å². The van der Waals surface area contributed by atoms with Crippen LogP contribution in [0.5, 0.6) is 11.5 Å². The number of carbonyl (C=O) groups is 2. The van der Waals surface area contributed by atoms with Crippen molar-refractivity contribution in [2.75, 3.05) is 19.0 Å². The minimum absolute atomic E-state index is 0.0950. The Morgan fingerprint density at radius 2 is 2.07 bits per heavy atom. The van der Waals surface area contributed by atoms with Crippen molar-refractivity contribution in [2.45, 2.75) is 0 Å². The maximum atomic E-state index is 11.9. The number of methoxy groups -OCH3 is 1. The number of ether oxygens (including phenoxy) is 2. The normalized spacial score (nSPS) is 10.1. The summed E-state index contributed by atoms with van der Waals surface area (Å²) in [5, 5.41) is 6.24. The fourth-order valence-electron chi connectivity index (χ4n) is 1.97. The summed E-state index contributed by atoms with van der Waals surface area (Å²) in [6.45, 7) is 0.0950. The van der Waals surface area contributed by atoms with E-state index in [0.717, 1.165) is 4.47 Å². The van der Waals surface area contributed by atoms with Crippen LogP contribution in [-0.2, 0) is 9.59 Å². The molecule has 8 heteroatoms. The largest absolute Gasteiger partial charge is 0.497 e. The summed E-state index contributed by atoms with van der Waals surface area (Å²) in [5.41, 5.74) is 3.16. The number of nitrogens with one attached hydrogen (secondary N) is 2. The molecule has 7 nitrogen and oxygen atoms in total. The van der Waals surface area contributed by atoms with E-state index in [0.29, 0.717) is 22.7 Å². The average molecular weight is 430 g/mol. The first-order valence-corrected chi connectivity index (χ1v) is 8.47. The Morgan fingerprint density at radius 1 is 1.26 bits per heavy atom. The maximum Gasteiger partial charge on any atom is 0.329 e. The summed E-state index contributed by atoms with van der Waals surface area (Å²) in [6, 6.07) is 11.9. The number of hydrazone groups is 1. The zero-order valence-corrected chi connectivity index (χ0v) is 15.9. The van der Waals surface area contributed by atoms with Crippen LogP contribution in [0.1, 0.15) is 5.56 Å². The molecule has 0 saturated carbocycles. The summed E-state index contributed by atoms with van der Waals surface area (Å²) in [7, 11) is 1.51. The van der Waals surface area contributed by atoms with Gasteiger partial charge in [0.1, 0.15) is 18.1 Å². The Hall–Kier alpha value is -3.31. The van der Waals surface area contributed by atoms with Crippen molar-refractivity contribution in [1.29, 1.82) is 0 Å². The average Bonchev–Trinajstić information content (AvgIpc) is 2.67. The molecule has 2 aromatic carbocycles. The van der Waals surface area contributed by atoms with Gasteiger partial charge in [0.05, 0.1) is 13.3 Å². The molecule has 27 heavy (non-hydrogen) atoms. The minimum atomic E-state index is -0.921. The van der Waals surface area contributed by atoms with Crippen molar-refractivity contribution < 1.29 is 19.1 Å². The van der Waals surface area contributed by atoms with Gasteiger partial charge in [0.25, 0.3) is 0 Å². The van der Waals surface area contributed by atoms with E-state index in [9.17, 15) is 9.59 Å². The molecule has 2 amide bonds. The Balaban J connectivity index is 1.99. The van der Waals surface area contributed by atoms with Gasteiger partial charge < -0.3 is 14.8 Å². The molecule has 0 fully saturated rings. The molecule has 0 spiro atoms. The van der Waals surface area contributed by atoms with Crippen LogP contribution in [0, 0.1) is 12.3 Å². The number of carbonyl (C=O) groups excluding carboxylic acids is 2. The summed E-state index contributed by atoms with van der Waals surface area (Å²) in [5.74, 6) is 1.64. The molecule has 0 heterocycles. The number of hydrogen-bond acceptors (Lipinski definition) is 5. The van der Waals surface area contributed by atoms with Crippen LogP contribution in [0.15, 0.2) is 52.0 Å². The highest BCUT2D eigenvalue weighted by atomic mass is 79.9. The highest BCUT2D eigenvalue weighted by Gasteiger charge is 2.13. The number of halogens is 1. The van der Waals surface area contributed by atoms with E-state index in [2.05, 4.69) is 37.7 Å². The second-order valence-corrected chi connectivity index (χ2v) is 5.98. The van der Waals surface area contributed by atoms with Crippen molar-refractivity contribution in [1.82, 2.24) is 5.43 Å². The SMILES string of the molecule is C#CCOc1ccc(Br)cc1/C=N/NC(=O)C(=O)Nc1cccc(OC)c1. The van der Waals surface area contributed by atoms with Crippen LogP contribution in [0.2, 0.25) is 0 Å². The second-order valence-electron chi connectivity index (χ2n) is 5.06. The van der Waals surface area contributed by atoms with Gasteiger partial charge in [-0.25, -0.2) is 5.43 Å². The van der Waals surface area contributed by atoms with Crippen LogP contribution in [0.4, 0.5) is 5.69 Å². The van der Waals surface area contributed by atoms with Crippen molar-refractivity contribution in [3.63, 3.8) is 0 Å². The topological polar surface area (TPSA) is 89.0 Å². The van der Waals surface area contributed by atoms with E-state index in [1.807, 2.05) is 0 Å². The monoisotopic (exact) mass is 429 g/mol. The van der Waals surface area contributed by atoms with Crippen molar-refractivity contribution in [3.8, 4) is 23.8 Å². The lowest BCUT2D eigenvalue weighted by Crippen LogP contribution is -2.32. The predicted molar refractivity (Wildman–Crippen MR) is 106 cm³/mol. The van der Waals surface area contributed by atoms with Gasteiger partial charge in [0, 0.05) is 21.8 Å². The summed E-state index contributed by atoms with van der Waals surface area (Å²) in [6.07, 6.45) is 6.54. The summed E-state index contributed by atoms with van der Waals surface area (Å²) in [4.78, 5) is 23.8. The highest BCUT2D eigenvalue weighted by Crippen LogP contribution is 2.21. The molecule has 2 rings (SSSR count). The number of amides is 2. The molecule has 0 aromatic heterocycles. The van der Waals surface area contributed by atoms with Gasteiger partial charge in [-0.15, -0.1) is 6.42 Å². The van der Waals surface area contributed by atoms with E-state index >= 15 is 0 Å². The predicted octanol–water partition coefficient (Wildman–Crippen LogP) is 2.56. The molecular formula is C19H16BrN3O4. The first kappa shape index (κ1) is 20.0. The molecule has 2 aromatic rings. The van der Waals surface area contributed by atoms with Gasteiger partial charge in [0.15, 0.2) is 0 Å². The highest BCUT2D eigenvalue weighted by molar-refractivity contribution is 9.10. The van der Waals surface area contributed by atoms with Gasteiger partial charge in [0.2, 0.25) is 0 Å². The minimum Gasteiger partial charge on any atom is -0.497 e. The summed E-state index contributed by atoms with van der Waals surface area (Å²) >= 11 is 3.34. The first-order valence-electron chi connectivity index (χ1n) is 7.67. The van der Waals surface area contributed by atoms with Crippen LogP contribution in [-0.4, -0.2) is 31.7 Å². The molecule has 0 unspecified atom stereocenters. The Bertz CT molecular complexity index is 906. The number of benzene rings is 2. The Morgan fingerprint density at radius 3 is 2.81 bits per heavy atom. The van der Waals surface area contributed by atoms with Gasteiger partial charge in [-0.05, 0) is 30.3 Å². The molecule has 138 valence electrons. The molecule has 2 N–H and O–H groups in total. The fourth-order valence-corrected chi connectivity index (χ4v) is 2.35. The Kier molecular flexibility index (Phi) is 7.40. The Labute approximate surface area is 164 Å². The molecule has 0 aliphatic rings. The zero-order chi connectivity index (χ0) is 19.6. The lowest BCUT2D eigenvalue weighted by Gasteiger charge is -2.07. The van der Waals surface area contributed by atoms with Gasteiger partial charge in [-0.2, -0.15) is 5.10 Å². The third-order valence-electron chi connectivity index (χ3n) is 3.19. The quantitative estimate of drug-likeness (QED) is 0.319. The first-order chi connectivity index (χ1) is 13.0. The third-order valence-corrected chi connectivity index (χ3v) is 3.68. The second kappa shape index (κ2) is 9.99. The van der Waals surface area contributed by atoms with Crippen molar-refractivity contribution in [3.05, 3.63) is 52.5 Å². The van der Waals surface area contributed by atoms with Gasteiger partial charge in [-0.3, -0.25) is 9.59 Å². The van der Waals surface area contributed by atoms with Crippen molar-refractivity contribution in [2.24, 2.45) is 5.10 Å². The van der Waals surface area contributed by atoms with Crippen molar-refractivity contribution >= 4 is 39.6 Å². The lowest BCUT2D eigenvalue weighted by molar-refractivity contribution is -0.136. The zero-order valence-electron chi connectivity index (χ0n) is 14.4. The number of terminal acetylenes is 1. The molecule has 0 aliphatic heterocycles. The molecule has 0 radical (unpaired) electrons. The van der Waals surface area contributed by atoms with Crippen LogP contribution in [0.25, 0.3) is 0 Å². The molecule has 0 bridgehead atoms. The maximum absolute atomic E-state index is 11.9. The smallest absolute Gasteiger partial charge is 0.329 e. The van der Waals surface area contributed by atoms with E-state index in [4.69, 9.17) is 15.9 Å². The van der Waals surface area contributed by atoms with Gasteiger partial charge >= 0.3 is 11.8 Å². The van der Waals surface area contributed by atoms with Crippen LogP contribution in [0.3, 0.4) is 0 Å². The van der Waals surface area contributed by atoms with Gasteiger partial charge in [-0.1, -0.05) is 27.9 Å². The number of nitrogens with zero attached hydrogens (tertiary/aromatic N) is 1. The van der Waals surface area contributed by atoms with E-state index in [1.165, 1.54) is 13.3 Å². The number of rotatable bonds is 6. The third kappa shape index (κ3) is 6.17. The summed E-state index contributed by atoms with van der Waals surface area (Å²) < 4.78 is 11.2. The van der Waals surface area contributed by atoms with E-state index in [1.54, 1.807) is 42.5 Å². The number of hydrogen-bond donors (Lipinski definition) is 2. The molecule has 0 aliphatic carbocycles. The lowest BCUT2D eigenvalue weighted by atomic mass is 10.2. The number of anilines is 1.